The number of aromatic nitrogens is 2. The molecule has 2 aromatic heterocycles. The number of carbonyl (C=O) groups excluding carboxylic acids is 1. The van der Waals surface area contributed by atoms with Gasteiger partial charge >= 0.3 is 0 Å². The van der Waals surface area contributed by atoms with E-state index in [1.165, 1.54) is 0 Å². The van der Waals surface area contributed by atoms with Gasteiger partial charge in [0.1, 0.15) is 0 Å². The van der Waals surface area contributed by atoms with E-state index in [1.807, 2.05) is 35.7 Å². The fraction of sp³-hybridized carbons (Fsp3) is 0.263. The summed E-state index contributed by atoms with van der Waals surface area (Å²) in [5.41, 5.74) is 2.14. The largest absolute Gasteiger partial charge is 0.353 e. The van der Waals surface area contributed by atoms with Gasteiger partial charge in [-0.2, -0.15) is 5.10 Å². The number of nitrogens with zero attached hydrogens (tertiary/aromatic N) is 2. The van der Waals surface area contributed by atoms with Crippen LogP contribution >= 0.6 is 11.3 Å². The third-order valence-electron chi connectivity index (χ3n) is 4.44. The number of hydrogen-bond donors (Lipinski definition) is 2. The smallest absolute Gasteiger partial charge is 0.225 e. The van der Waals surface area contributed by atoms with Crippen LogP contribution in [0.3, 0.4) is 0 Å². The number of rotatable bonds is 5. The van der Waals surface area contributed by atoms with Gasteiger partial charge in [-0.15, -0.1) is 11.3 Å². The Morgan fingerprint density at radius 3 is 2.96 bits per heavy atom. The topological polar surface area (TPSA) is 61.0 Å². The van der Waals surface area contributed by atoms with E-state index in [1.54, 1.807) is 11.3 Å². The van der Waals surface area contributed by atoms with Gasteiger partial charge in [0.25, 0.3) is 0 Å². The van der Waals surface area contributed by atoms with Crippen LogP contribution < -0.4 is 10.2 Å². The van der Waals surface area contributed by atoms with Gasteiger partial charge in [0.15, 0.2) is 5.82 Å². The number of aromatic amines is 1. The maximum atomic E-state index is 12.2. The van der Waals surface area contributed by atoms with E-state index in [9.17, 15) is 4.79 Å². The summed E-state index contributed by atoms with van der Waals surface area (Å²) in [5, 5.41) is 12.7. The van der Waals surface area contributed by atoms with Gasteiger partial charge in [0.2, 0.25) is 5.91 Å². The number of nitrogens with one attached hydrogen (secondary N) is 2. The Bertz CT molecular complexity index is 828. The zero-order valence-electron chi connectivity index (χ0n) is 13.8. The van der Waals surface area contributed by atoms with Crippen LogP contribution in [0.4, 0.5) is 5.82 Å². The molecule has 1 atom stereocenters. The zero-order chi connectivity index (χ0) is 17.1. The van der Waals surface area contributed by atoms with Crippen molar-refractivity contribution in [2.45, 2.75) is 18.9 Å². The predicted octanol–water partition coefficient (Wildman–Crippen LogP) is 3.08. The molecule has 128 valence electrons. The van der Waals surface area contributed by atoms with Crippen LogP contribution in [0.25, 0.3) is 11.3 Å². The fourth-order valence-electron chi connectivity index (χ4n) is 3.18. The van der Waals surface area contributed by atoms with Gasteiger partial charge in [-0.05, 0) is 23.4 Å². The fourth-order valence-corrected chi connectivity index (χ4v) is 3.88. The minimum absolute atomic E-state index is 0.0984. The van der Waals surface area contributed by atoms with Gasteiger partial charge < -0.3 is 10.2 Å². The first-order valence-electron chi connectivity index (χ1n) is 8.45. The molecule has 5 nitrogen and oxygen atoms in total. The molecule has 0 radical (unpaired) electrons. The van der Waals surface area contributed by atoms with Crippen LogP contribution in [0, 0.1) is 0 Å². The number of anilines is 1. The van der Waals surface area contributed by atoms with E-state index in [-0.39, 0.29) is 11.9 Å². The third-order valence-corrected chi connectivity index (χ3v) is 5.32. The molecule has 1 aromatic carbocycles. The molecule has 0 aliphatic carbocycles. The van der Waals surface area contributed by atoms with Gasteiger partial charge in [-0.3, -0.25) is 9.89 Å². The Kier molecular flexibility index (Phi) is 4.52. The number of carbonyl (C=O) groups is 1. The van der Waals surface area contributed by atoms with Crippen molar-refractivity contribution in [3.05, 3.63) is 58.8 Å². The van der Waals surface area contributed by atoms with Crippen LogP contribution in [-0.4, -0.2) is 35.2 Å². The summed E-state index contributed by atoms with van der Waals surface area (Å²) in [5.74, 6) is 1.04. The maximum absolute atomic E-state index is 12.2. The van der Waals surface area contributed by atoms with Crippen LogP contribution in [0.1, 0.15) is 11.3 Å². The lowest BCUT2D eigenvalue weighted by Crippen LogP contribution is -2.37. The number of hydrogen-bond acceptors (Lipinski definition) is 4. The van der Waals surface area contributed by atoms with Crippen LogP contribution in [-0.2, 0) is 11.2 Å². The molecular formula is C19H20N4OS. The minimum Gasteiger partial charge on any atom is -0.353 e. The number of benzene rings is 1. The summed E-state index contributed by atoms with van der Waals surface area (Å²) in [6, 6.07) is 16.4. The summed E-state index contributed by atoms with van der Waals surface area (Å²) >= 11 is 1.62. The van der Waals surface area contributed by atoms with E-state index in [2.05, 4.69) is 38.6 Å². The van der Waals surface area contributed by atoms with E-state index < -0.39 is 0 Å². The summed E-state index contributed by atoms with van der Waals surface area (Å²) < 4.78 is 0. The van der Waals surface area contributed by atoms with Gasteiger partial charge in [0.05, 0.1) is 12.1 Å². The summed E-state index contributed by atoms with van der Waals surface area (Å²) in [7, 11) is 0. The molecule has 3 aromatic rings. The quantitative estimate of drug-likeness (QED) is 0.742. The van der Waals surface area contributed by atoms with E-state index >= 15 is 0 Å². The Balaban J connectivity index is 1.35. The molecule has 1 aliphatic heterocycles. The standard InChI is InChI=1S/C19H20N4OS/c24-19(11-16-7-4-10-25-16)20-15-8-9-23(13-15)18-12-17(21-22-18)14-5-2-1-3-6-14/h1-7,10,12,15H,8-9,11,13H2,(H,20,24)(H,21,22)/t15-/m1/s1. The molecule has 1 amide bonds. The zero-order valence-corrected chi connectivity index (χ0v) is 14.6. The Hall–Kier alpha value is -2.60. The van der Waals surface area contributed by atoms with Crippen molar-refractivity contribution >= 4 is 23.1 Å². The molecule has 25 heavy (non-hydrogen) atoms. The van der Waals surface area contributed by atoms with Crippen molar-refractivity contribution in [3.63, 3.8) is 0 Å². The summed E-state index contributed by atoms with van der Waals surface area (Å²) in [6.45, 7) is 1.71. The molecule has 4 rings (SSSR count). The van der Waals surface area contributed by atoms with E-state index in [0.717, 1.165) is 41.5 Å². The number of amides is 1. The minimum atomic E-state index is 0.0984. The predicted molar refractivity (Wildman–Crippen MR) is 101 cm³/mol. The molecular weight excluding hydrogens is 332 g/mol. The molecule has 3 heterocycles. The molecule has 1 saturated heterocycles. The SMILES string of the molecule is O=C(Cc1cccs1)N[C@@H]1CCN(c2cc(-c3ccccc3)[nH]n2)C1. The molecule has 1 fully saturated rings. The molecule has 1 aliphatic rings. The Labute approximate surface area is 150 Å². The second kappa shape index (κ2) is 7.11. The van der Waals surface area contributed by atoms with Gasteiger partial charge in [-0.25, -0.2) is 0 Å². The highest BCUT2D eigenvalue weighted by molar-refractivity contribution is 7.10. The first-order chi connectivity index (χ1) is 12.3. The second-order valence-electron chi connectivity index (χ2n) is 6.26. The monoisotopic (exact) mass is 352 g/mol. The lowest BCUT2D eigenvalue weighted by Gasteiger charge is -2.16. The van der Waals surface area contributed by atoms with Crippen molar-refractivity contribution in [2.24, 2.45) is 0 Å². The molecule has 0 bridgehead atoms. The van der Waals surface area contributed by atoms with Crippen molar-refractivity contribution < 1.29 is 4.79 Å². The number of H-pyrrole nitrogens is 1. The molecule has 0 spiro atoms. The average molecular weight is 352 g/mol. The summed E-state index contributed by atoms with van der Waals surface area (Å²) in [4.78, 5) is 15.5. The highest BCUT2D eigenvalue weighted by Gasteiger charge is 2.25. The molecule has 6 heteroatoms. The van der Waals surface area contributed by atoms with Gasteiger partial charge in [0, 0.05) is 30.1 Å². The second-order valence-corrected chi connectivity index (χ2v) is 7.29. The van der Waals surface area contributed by atoms with E-state index in [0.29, 0.717) is 6.42 Å². The Morgan fingerprint density at radius 1 is 1.28 bits per heavy atom. The van der Waals surface area contributed by atoms with Crippen molar-refractivity contribution in [2.75, 3.05) is 18.0 Å². The lowest BCUT2D eigenvalue weighted by molar-refractivity contribution is -0.120. The van der Waals surface area contributed by atoms with Crippen molar-refractivity contribution in [1.29, 1.82) is 0 Å². The summed E-state index contributed by atoms with van der Waals surface area (Å²) in [6.07, 6.45) is 1.42. The first kappa shape index (κ1) is 15.9. The first-order valence-corrected chi connectivity index (χ1v) is 9.33. The highest BCUT2D eigenvalue weighted by atomic mass is 32.1. The van der Waals surface area contributed by atoms with E-state index in [4.69, 9.17) is 0 Å². The Morgan fingerprint density at radius 2 is 2.16 bits per heavy atom. The molecule has 2 N–H and O–H groups in total. The molecule has 0 unspecified atom stereocenters. The molecule has 0 saturated carbocycles. The lowest BCUT2D eigenvalue weighted by atomic mass is 10.1. The number of thiophene rings is 1. The highest BCUT2D eigenvalue weighted by Crippen LogP contribution is 2.24. The average Bonchev–Trinajstić information content (AvgIpc) is 3.37. The van der Waals surface area contributed by atoms with Crippen LogP contribution in [0.2, 0.25) is 0 Å². The van der Waals surface area contributed by atoms with Crippen LogP contribution in [0.15, 0.2) is 53.9 Å². The maximum Gasteiger partial charge on any atom is 0.225 e. The van der Waals surface area contributed by atoms with Crippen molar-refractivity contribution in [3.8, 4) is 11.3 Å². The third kappa shape index (κ3) is 3.74. The van der Waals surface area contributed by atoms with Crippen molar-refractivity contribution in [1.82, 2.24) is 15.5 Å². The van der Waals surface area contributed by atoms with Crippen LogP contribution in [0.5, 0.6) is 0 Å². The normalized spacial score (nSPS) is 17.0. The van der Waals surface area contributed by atoms with Gasteiger partial charge in [-0.1, -0.05) is 36.4 Å².